The second-order valence-corrected chi connectivity index (χ2v) is 6.77. The first-order valence-electron chi connectivity index (χ1n) is 7.08. The van der Waals surface area contributed by atoms with Gasteiger partial charge in [-0.2, -0.15) is 22.0 Å². The highest BCUT2D eigenvalue weighted by Gasteiger charge is 2.76. The number of halogens is 5. The molecule has 9 heteroatoms. The van der Waals surface area contributed by atoms with Crippen LogP contribution in [-0.2, 0) is 14.3 Å². The van der Waals surface area contributed by atoms with Crippen molar-refractivity contribution in [2.24, 2.45) is 5.41 Å². The smallest absolute Gasteiger partial charge is 0.423 e. The van der Waals surface area contributed by atoms with Crippen LogP contribution in [0.4, 0.5) is 22.0 Å². The number of alkyl halides is 5. The highest BCUT2D eigenvalue weighted by Crippen LogP contribution is 2.53. The van der Waals surface area contributed by atoms with Crippen LogP contribution in [0.3, 0.4) is 0 Å². The Bertz CT molecular complexity index is 472. The van der Waals surface area contributed by atoms with Gasteiger partial charge in [-0.05, 0) is 34.1 Å². The van der Waals surface area contributed by atoms with Gasteiger partial charge < -0.3 is 14.6 Å². The topological polar surface area (TPSA) is 55.8 Å². The highest BCUT2D eigenvalue weighted by atomic mass is 19.4. The molecule has 1 aliphatic rings. The molecule has 0 saturated carbocycles. The van der Waals surface area contributed by atoms with Crippen LogP contribution in [0.25, 0.3) is 0 Å². The van der Waals surface area contributed by atoms with Gasteiger partial charge in [-0.25, -0.2) is 0 Å². The molecule has 4 nitrogen and oxygen atoms in total. The van der Waals surface area contributed by atoms with Gasteiger partial charge in [0.05, 0.1) is 5.41 Å². The Labute approximate surface area is 130 Å². The molecule has 1 heterocycles. The van der Waals surface area contributed by atoms with Gasteiger partial charge in [-0.3, -0.25) is 4.79 Å². The van der Waals surface area contributed by atoms with E-state index in [0.29, 0.717) is 0 Å². The first-order chi connectivity index (χ1) is 10.0. The van der Waals surface area contributed by atoms with E-state index in [-0.39, 0.29) is 13.3 Å². The third-order valence-electron chi connectivity index (χ3n) is 4.26. The lowest BCUT2D eigenvalue weighted by Crippen LogP contribution is -2.71. The van der Waals surface area contributed by atoms with E-state index in [9.17, 15) is 31.9 Å². The first-order valence-corrected chi connectivity index (χ1v) is 7.08. The molecule has 1 aliphatic heterocycles. The molecule has 3 unspecified atom stereocenters. The van der Waals surface area contributed by atoms with Crippen molar-refractivity contribution < 1.29 is 41.3 Å². The lowest BCUT2D eigenvalue weighted by Gasteiger charge is -2.50. The number of carbonyl (C=O) groups excluding carboxylic acids is 1. The molecule has 1 rings (SSSR count). The maximum absolute atomic E-state index is 14.4. The van der Waals surface area contributed by atoms with Gasteiger partial charge in [0.2, 0.25) is 5.60 Å². The third kappa shape index (κ3) is 3.45. The van der Waals surface area contributed by atoms with Crippen LogP contribution in [0, 0.1) is 5.41 Å². The molecular formula is C14H21F5O4. The Morgan fingerprint density at radius 1 is 1.30 bits per heavy atom. The van der Waals surface area contributed by atoms with Crippen molar-refractivity contribution in [1.82, 2.24) is 0 Å². The van der Waals surface area contributed by atoms with Crippen LogP contribution < -0.4 is 0 Å². The molecule has 23 heavy (non-hydrogen) atoms. The van der Waals surface area contributed by atoms with Gasteiger partial charge in [0.15, 0.2) is 11.9 Å². The van der Waals surface area contributed by atoms with Crippen LogP contribution in [0.15, 0.2) is 0 Å². The lowest BCUT2D eigenvalue weighted by molar-refractivity contribution is -0.436. The second-order valence-electron chi connectivity index (χ2n) is 6.77. The van der Waals surface area contributed by atoms with Crippen LogP contribution >= 0.6 is 0 Å². The normalized spacial score (nSPS) is 35.0. The van der Waals surface area contributed by atoms with Gasteiger partial charge >= 0.3 is 18.1 Å². The third-order valence-corrected chi connectivity index (χ3v) is 4.26. The summed E-state index contributed by atoms with van der Waals surface area (Å²) in [5.41, 5.74) is -5.13. The van der Waals surface area contributed by atoms with Crippen molar-refractivity contribution >= 4 is 5.97 Å². The minimum absolute atomic E-state index is 0.131. The molecule has 136 valence electrons. The van der Waals surface area contributed by atoms with Crippen LogP contribution in [0.5, 0.6) is 0 Å². The zero-order valence-electron chi connectivity index (χ0n) is 13.6. The Hall–Kier alpha value is -0.960. The van der Waals surface area contributed by atoms with Crippen molar-refractivity contribution in [1.29, 1.82) is 0 Å². The quantitative estimate of drug-likeness (QED) is 0.627. The van der Waals surface area contributed by atoms with E-state index in [0.717, 1.165) is 6.92 Å². The second kappa shape index (κ2) is 5.54. The summed E-state index contributed by atoms with van der Waals surface area (Å²) in [5, 5.41) is 9.80. The summed E-state index contributed by atoms with van der Waals surface area (Å²) >= 11 is 0. The molecule has 0 amide bonds. The maximum atomic E-state index is 14.4. The van der Waals surface area contributed by atoms with E-state index in [1.54, 1.807) is 6.92 Å². The number of hydrogen-bond donors (Lipinski definition) is 1. The summed E-state index contributed by atoms with van der Waals surface area (Å²) < 4.78 is 77.0. The number of hydrogen-bond acceptors (Lipinski definition) is 4. The van der Waals surface area contributed by atoms with E-state index < -0.39 is 47.4 Å². The minimum Gasteiger partial charge on any atom is -0.455 e. The fourth-order valence-corrected chi connectivity index (χ4v) is 2.12. The molecule has 1 N–H and O–H groups in total. The van der Waals surface area contributed by atoms with E-state index in [1.165, 1.54) is 13.8 Å². The number of carbonyl (C=O) groups is 1. The fourth-order valence-electron chi connectivity index (χ4n) is 2.12. The predicted octanol–water partition coefficient (Wildman–Crippen LogP) is 3.42. The van der Waals surface area contributed by atoms with Gasteiger partial charge in [-0.1, -0.05) is 6.92 Å². The van der Waals surface area contributed by atoms with Gasteiger partial charge in [0.1, 0.15) is 0 Å². The van der Waals surface area contributed by atoms with Crippen molar-refractivity contribution in [3.63, 3.8) is 0 Å². The Morgan fingerprint density at radius 3 is 2.17 bits per heavy atom. The molecule has 0 bridgehead atoms. The first kappa shape index (κ1) is 20.1. The van der Waals surface area contributed by atoms with E-state index >= 15 is 0 Å². The number of rotatable bonds is 3. The predicted molar refractivity (Wildman–Crippen MR) is 69.7 cm³/mol. The average Bonchev–Trinajstić information content (AvgIpc) is 2.33. The average molecular weight is 348 g/mol. The van der Waals surface area contributed by atoms with Crippen molar-refractivity contribution in [2.75, 3.05) is 0 Å². The molecule has 1 saturated heterocycles. The molecule has 0 spiro atoms. The highest BCUT2D eigenvalue weighted by molar-refractivity contribution is 5.76. The molecule has 0 aromatic heterocycles. The summed E-state index contributed by atoms with van der Waals surface area (Å²) in [6.45, 7) is 5.41. The lowest BCUT2D eigenvalue weighted by atomic mass is 9.84. The maximum Gasteiger partial charge on any atom is 0.423 e. The molecule has 1 fully saturated rings. The van der Waals surface area contributed by atoms with Crippen molar-refractivity contribution in [3.05, 3.63) is 0 Å². The van der Waals surface area contributed by atoms with E-state index in [4.69, 9.17) is 0 Å². The summed E-state index contributed by atoms with van der Waals surface area (Å²) in [6.07, 6.45) is -8.67. The van der Waals surface area contributed by atoms with E-state index in [2.05, 4.69) is 9.47 Å². The molecule has 0 aromatic carbocycles. The van der Waals surface area contributed by atoms with Gasteiger partial charge in [0.25, 0.3) is 0 Å². The number of ether oxygens (including phenoxy) is 2. The van der Waals surface area contributed by atoms with Crippen LogP contribution in [0.2, 0.25) is 0 Å². The molecule has 3 atom stereocenters. The summed E-state index contributed by atoms with van der Waals surface area (Å²) in [7, 11) is 0. The Kier molecular flexibility index (Phi) is 4.84. The fraction of sp³-hybridized carbons (Fsp3) is 0.929. The molecule has 0 aromatic rings. The SMILES string of the molecule is CCC(C)(C)C(=O)OC1CC(C)(O)OC(C)(C(F)(F)F)C1(F)F. The largest absolute Gasteiger partial charge is 0.455 e. The Balaban J connectivity index is 3.24. The number of aliphatic hydroxyl groups is 1. The van der Waals surface area contributed by atoms with Crippen LogP contribution in [0.1, 0.15) is 47.5 Å². The van der Waals surface area contributed by atoms with Gasteiger partial charge in [-0.15, -0.1) is 0 Å². The summed E-state index contributed by atoms with van der Waals surface area (Å²) in [5.74, 6) is -8.15. The Morgan fingerprint density at radius 2 is 1.78 bits per heavy atom. The zero-order chi connectivity index (χ0) is 18.5. The van der Waals surface area contributed by atoms with E-state index in [1.807, 2.05) is 0 Å². The van der Waals surface area contributed by atoms with Gasteiger partial charge in [0, 0.05) is 6.42 Å². The number of esters is 1. The standard InChI is InChI=1S/C14H21F5O4/c1-6-10(2,3)9(20)22-8-7-11(4,21)23-12(5,13(8,15)16)14(17,18)19/h8,21H,6-7H2,1-5H3. The molecular weight excluding hydrogens is 327 g/mol. The van der Waals surface area contributed by atoms with Crippen LogP contribution in [-0.4, -0.2) is 40.7 Å². The van der Waals surface area contributed by atoms with Crippen molar-refractivity contribution in [3.8, 4) is 0 Å². The summed E-state index contributed by atoms with van der Waals surface area (Å²) in [6, 6.07) is 0. The van der Waals surface area contributed by atoms with Crippen molar-refractivity contribution in [2.45, 2.75) is 77.1 Å². The molecule has 0 aliphatic carbocycles. The summed E-state index contributed by atoms with van der Waals surface area (Å²) in [4.78, 5) is 12.0. The zero-order valence-corrected chi connectivity index (χ0v) is 13.6. The monoisotopic (exact) mass is 348 g/mol. The molecule has 0 radical (unpaired) electrons. The minimum atomic E-state index is -5.48.